The Hall–Kier alpha value is -2.22. The lowest BCUT2D eigenvalue weighted by Gasteiger charge is -2.20. The molecule has 0 aromatic carbocycles. The van der Waals surface area contributed by atoms with Gasteiger partial charge in [-0.3, -0.25) is 23.4 Å². The maximum Gasteiger partial charge on any atom is 0.472 e. The molecule has 1 aliphatic carbocycles. The molecule has 0 saturated heterocycles. The van der Waals surface area contributed by atoms with Gasteiger partial charge in [-0.25, -0.2) is 4.57 Å². The molecule has 7 atom stereocenters. The Morgan fingerprint density at radius 1 is 0.750 bits per heavy atom. The number of aliphatic hydroxyl groups excluding tert-OH is 4. The topological polar surface area (TPSA) is 206 Å². The lowest BCUT2D eigenvalue weighted by atomic mass is 9.88. The molecule has 13 nitrogen and oxygen atoms in total. The van der Waals surface area contributed by atoms with Gasteiger partial charge in [0.2, 0.25) is 0 Å². The minimum absolute atomic E-state index is 0.0103. The van der Waals surface area contributed by atoms with Gasteiger partial charge < -0.3 is 34.8 Å². The van der Waals surface area contributed by atoms with Crippen molar-refractivity contribution in [1.29, 1.82) is 0 Å². The largest absolute Gasteiger partial charge is 0.472 e. The summed E-state index contributed by atoms with van der Waals surface area (Å²) < 4.78 is 32.7. The third-order valence-electron chi connectivity index (χ3n) is 10.7. The molecule has 1 saturated carbocycles. The Morgan fingerprint density at radius 2 is 1.32 bits per heavy atom. The molecule has 5 N–H and O–H groups in total. The molecule has 1 fully saturated rings. The van der Waals surface area contributed by atoms with E-state index >= 15 is 0 Å². The molecular formula is C46H81O13P. The second-order valence-corrected chi connectivity index (χ2v) is 17.7. The number of hydrogen-bond acceptors (Lipinski definition) is 12. The van der Waals surface area contributed by atoms with E-state index in [0.29, 0.717) is 32.1 Å². The van der Waals surface area contributed by atoms with Crippen molar-refractivity contribution in [1.82, 2.24) is 0 Å². The van der Waals surface area contributed by atoms with Gasteiger partial charge in [0.25, 0.3) is 0 Å². The molecule has 348 valence electrons. The van der Waals surface area contributed by atoms with Crippen molar-refractivity contribution in [3.63, 3.8) is 0 Å². The van der Waals surface area contributed by atoms with Crippen LogP contribution in [0.15, 0.2) is 36.5 Å². The van der Waals surface area contributed by atoms with Gasteiger partial charge in [0.1, 0.15) is 18.5 Å². The Bertz CT molecular complexity index is 1250. The van der Waals surface area contributed by atoms with E-state index in [1.54, 1.807) is 12.2 Å². The zero-order valence-corrected chi connectivity index (χ0v) is 37.8. The lowest BCUT2D eigenvalue weighted by Crippen LogP contribution is -2.29. The quantitative estimate of drug-likeness (QED) is 0.0170. The second-order valence-electron chi connectivity index (χ2n) is 16.2. The fraction of sp³-hybridized carbons (Fsp3) is 0.804. The average Bonchev–Trinajstić information content (AvgIpc) is 3.49. The molecule has 60 heavy (non-hydrogen) atoms. The molecule has 0 heterocycles. The number of rotatable bonds is 39. The highest BCUT2D eigenvalue weighted by Crippen LogP contribution is 2.43. The zero-order chi connectivity index (χ0) is 44.3. The number of Topliss-reactive ketones (excluding diaryl/α,β-unsaturated/α-hetero) is 1. The molecule has 1 unspecified atom stereocenters. The summed E-state index contributed by atoms with van der Waals surface area (Å²) >= 11 is 0. The molecule has 0 aliphatic heterocycles. The van der Waals surface area contributed by atoms with Crippen LogP contribution in [-0.4, -0.2) is 93.9 Å². The molecule has 1 rings (SSSR count). The monoisotopic (exact) mass is 873 g/mol. The Balaban J connectivity index is 2.42. The van der Waals surface area contributed by atoms with E-state index in [4.69, 9.17) is 19.1 Å². The fourth-order valence-corrected chi connectivity index (χ4v) is 7.83. The lowest BCUT2D eigenvalue weighted by molar-refractivity contribution is -0.161. The number of ether oxygens (including phenoxy) is 2. The molecule has 0 amide bonds. The van der Waals surface area contributed by atoms with Crippen LogP contribution in [-0.2, 0) is 37.5 Å². The standard InChI is InChI=1S/C46H81O13P/c1-3-5-7-8-9-10-11-12-13-14-15-16-17-18-19-20-26-30-46(53)59-40(37-58-60(54,55)57-35-39(49)34-47)36-56-45(52)29-25-22-21-24-28-41-42(44(51)33-43(41)50)32-31-38(48)27-23-6-4-2/h9-10,12-13,31-32,38-43,47-50H,3-8,11,14-30,33-37H2,1-2H3,(H,54,55)/b10-9-,13-12-,32-31+/t38-,39-,40+,41+,42+,43-/m0/s1. The molecule has 0 bridgehead atoms. The van der Waals surface area contributed by atoms with Crippen molar-refractivity contribution >= 4 is 25.5 Å². The average molecular weight is 873 g/mol. The van der Waals surface area contributed by atoms with E-state index in [1.165, 1.54) is 25.7 Å². The van der Waals surface area contributed by atoms with E-state index in [2.05, 4.69) is 42.7 Å². The molecule has 0 spiro atoms. The normalized spacial score (nSPS) is 19.6. The van der Waals surface area contributed by atoms with Crippen molar-refractivity contribution in [3.8, 4) is 0 Å². The first-order valence-electron chi connectivity index (χ1n) is 23.0. The van der Waals surface area contributed by atoms with E-state index in [-0.39, 0.29) is 31.0 Å². The van der Waals surface area contributed by atoms with Crippen LogP contribution in [0.2, 0.25) is 0 Å². The molecule has 1 aliphatic rings. The summed E-state index contributed by atoms with van der Waals surface area (Å²) in [5.74, 6) is -1.71. The van der Waals surface area contributed by atoms with Crippen molar-refractivity contribution in [3.05, 3.63) is 36.5 Å². The van der Waals surface area contributed by atoms with Crippen LogP contribution in [0, 0.1) is 11.8 Å². The summed E-state index contributed by atoms with van der Waals surface area (Å²) in [6.45, 7) is 1.98. The van der Waals surface area contributed by atoms with Gasteiger partial charge in [0.05, 0.1) is 32.0 Å². The van der Waals surface area contributed by atoms with Gasteiger partial charge in [0, 0.05) is 25.2 Å². The first-order chi connectivity index (χ1) is 28.9. The van der Waals surface area contributed by atoms with Crippen molar-refractivity contribution in [2.75, 3.05) is 26.4 Å². The van der Waals surface area contributed by atoms with Crippen LogP contribution in [0.5, 0.6) is 0 Å². The molecule has 0 aromatic rings. The number of unbranched alkanes of at least 4 members (excludes halogenated alkanes) is 15. The summed E-state index contributed by atoms with van der Waals surface area (Å²) in [6.07, 6.45) is 30.1. The first-order valence-corrected chi connectivity index (χ1v) is 24.5. The highest BCUT2D eigenvalue weighted by Gasteiger charge is 2.39. The molecular weight excluding hydrogens is 791 g/mol. The van der Waals surface area contributed by atoms with E-state index in [9.17, 15) is 39.2 Å². The first kappa shape index (κ1) is 55.8. The second kappa shape index (κ2) is 36.3. The summed E-state index contributed by atoms with van der Waals surface area (Å²) in [7, 11) is -4.68. The molecule has 14 heteroatoms. The van der Waals surface area contributed by atoms with Gasteiger partial charge in [-0.15, -0.1) is 0 Å². The van der Waals surface area contributed by atoms with E-state index < -0.39 is 76.5 Å². The summed E-state index contributed by atoms with van der Waals surface area (Å²) in [5, 5.41) is 39.1. The highest BCUT2D eigenvalue weighted by atomic mass is 31.2. The SMILES string of the molecule is CCCCC/C=C\C/C=C\CCCCCCCCCC(=O)O[C@H](COC(=O)CCCCCC[C@H]1[C@@H](O)CC(=O)[C@@H]1/C=C/[C@@H](O)CCCCC)COP(=O)(O)OC[C@@H](O)CO. The van der Waals surface area contributed by atoms with Crippen LogP contribution >= 0.6 is 7.82 Å². The number of aliphatic hydroxyl groups is 4. The number of phosphoric ester groups is 1. The predicted octanol–water partition coefficient (Wildman–Crippen LogP) is 8.93. The maximum absolute atomic E-state index is 12.7. The Morgan fingerprint density at radius 3 is 1.97 bits per heavy atom. The number of ketones is 1. The van der Waals surface area contributed by atoms with Crippen LogP contribution < -0.4 is 0 Å². The number of carbonyl (C=O) groups is 3. The number of phosphoric acid groups is 1. The van der Waals surface area contributed by atoms with Crippen LogP contribution in [0.25, 0.3) is 0 Å². The number of hydrogen-bond donors (Lipinski definition) is 5. The van der Waals surface area contributed by atoms with E-state index in [1.807, 2.05) is 0 Å². The minimum Gasteiger partial charge on any atom is -0.462 e. The van der Waals surface area contributed by atoms with Gasteiger partial charge in [0.15, 0.2) is 6.10 Å². The maximum atomic E-state index is 12.7. The summed E-state index contributed by atoms with van der Waals surface area (Å²) in [5.41, 5.74) is 0. The summed E-state index contributed by atoms with van der Waals surface area (Å²) in [4.78, 5) is 47.8. The van der Waals surface area contributed by atoms with Crippen molar-refractivity contribution < 1.29 is 62.8 Å². The predicted molar refractivity (Wildman–Crippen MR) is 234 cm³/mol. The number of esters is 2. The molecule has 0 aromatic heterocycles. The number of carbonyl (C=O) groups excluding carboxylic acids is 3. The fourth-order valence-electron chi connectivity index (χ4n) is 7.05. The Kier molecular flexibility index (Phi) is 33.7. The minimum atomic E-state index is -4.68. The third-order valence-corrected chi connectivity index (χ3v) is 11.6. The van der Waals surface area contributed by atoms with E-state index in [0.717, 1.165) is 83.5 Å². The third kappa shape index (κ3) is 29.9. The van der Waals surface area contributed by atoms with Gasteiger partial charge in [-0.2, -0.15) is 0 Å². The van der Waals surface area contributed by atoms with Gasteiger partial charge >= 0.3 is 19.8 Å². The summed E-state index contributed by atoms with van der Waals surface area (Å²) in [6, 6.07) is 0. The van der Waals surface area contributed by atoms with Crippen LogP contribution in [0.1, 0.15) is 174 Å². The smallest absolute Gasteiger partial charge is 0.462 e. The van der Waals surface area contributed by atoms with Crippen LogP contribution in [0.4, 0.5) is 0 Å². The zero-order valence-electron chi connectivity index (χ0n) is 36.9. The molecule has 0 radical (unpaired) electrons. The Labute approximate surface area is 361 Å². The van der Waals surface area contributed by atoms with Crippen LogP contribution in [0.3, 0.4) is 0 Å². The van der Waals surface area contributed by atoms with Gasteiger partial charge in [-0.05, 0) is 63.7 Å². The highest BCUT2D eigenvalue weighted by molar-refractivity contribution is 7.47. The van der Waals surface area contributed by atoms with Crippen molar-refractivity contribution in [2.45, 2.75) is 199 Å². The van der Waals surface area contributed by atoms with Crippen molar-refractivity contribution in [2.24, 2.45) is 11.8 Å². The number of allylic oxidation sites excluding steroid dienone is 5. The van der Waals surface area contributed by atoms with Gasteiger partial charge in [-0.1, -0.05) is 134 Å².